The first-order valence-corrected chi connectivity index (χ1v) is 8.88. The highest BCUT2D eigenvalue weighted by Gasteiger charge is 2.18. The van der Waals surface area contributed by atoms with E-state index in [0.29, 0.717) is 12.6 Å². The number of nitrogens with one attached hydrogen (secondary N) is 2. The van der Waals surface area contributed by atoms with Crippen LogP contribution >= 0.6 is 24.0 Å². The van der Waals surface area contributed by atoms with Gasteiger partial charge in [-0.2, -0.15) is 0 Å². The molecule has 5 nitrogen and oxygen atoms in total. The number of halogens is 1. The minimum atomic E-state index is 0. The van der Waals surface area contributed by atoms with E-state index in [2.05, 4.69) is 33.6 Å². The van der Waals surface area contributed by atoms with E-state index in [-0.39, 0.29) is 24.0 Å². The van der Waals surface area contributed by atoms with Gasteiger partial charge in [-0.1, -0.05) is 25.8 Å². The molecule has 24 heavy (non-hydrogen) atoms. The summed E-state index contributed by atoms with van der Waals surface area (Å²) in [7, 11) is 1.80. The number of aliphatic imine (C=N–C) groups is 1. The molecule has 0 unspecified atom stereocenters. The fourth-order valence-electron chi connectivity index (χ4n) is 2.81. The summed E-state index contributed by atoms with van der Waals surface area (Å²) >= 11 is 0. The molecule has 0 spiro atoms. The van der Waals surface area contributed by atoms with Crippen molar-refractivity contribution in [1.82, 2.24) is 15.6 Å². The number of ether oxygens (including phenoxy) is 1. The molecule has 1 heterocycles. The molecular formula is C18H31IN4O. The third-order valence-electron chi connectivity index (χ3n) is 4.17. The highest BCUT2D eigenvalue weighted by Crippen LogP contribution is 2.24. The van der Waals surface area contributed by atoms with Crippen LogP contribution in [0.5, 0.6) is 5.88 Å². The van der Waals surface area contributed by atoms with E-state index in [1.54, 1.807) is 13.2 Å². The molecule has 136 valence electrons. The second-order valence-corrected chi connectivity index (χ2v) is 6.05. The Bertz CT molecular complexity index is 490. The SMILES string of the molecule is CCCCCNC(=NC)NCc1cccnc1OC1CCCC1.I. The van der Waals surface area contributed by atoms with Gasteiger partial charge in [0.05, 0.1) is 0 Å². The Labute approximate surface area is 163 Å². The van der Waals surface area contributed by atoms with Crippen LogP contribution in [0, 0.1) is 0 Å². The maximum Gasteiger partial charge on any atom is 0.218 e. The van der Waals surface area contributed by atoms with Gasteiger partial charge in [0.25, 0.3) is 0 Å². The van der Waals surface area contributed by atoms with E-state index < -0.39 is 0 Å². The number of aromatic nitrogens is 1. The predicted molar refractivity (Wildman–Crippen MR) is 110 cm³/mol. The number of nitrogens with zero attached hydrogens (tertiary/aromatic N) is 2. The van der Waals surface area contributed by atoms with Crippen molar-refractivity contribution in [2.24, 2.45) is 4.99 Å². The van der Waals surface area contributed by atoms with Gasteiger partial charge in [-0.25, -0.2) is 4.98 Å². The van der Waals surface area contributed by atoms with Crippen LogP contribution in [0.15, 0.2) is 23.3 Å². The van der Waals surface area contributed by atoms with Crippen LogP contribution in [0.4, 0.5) is 0 Å². The van der Waals surface area contributed by atoms with Crippen molar-refractivity contribution in [3.63, 3.8) is 0 Å². The summed E-state index contributed by atoms with van der Waals surface area (Å²) in [6.07, 6.45) is 10.6. The molecule has 1 aromatic heterocycles. The van der Waals surface area contributed by atoms with E-state index in [9.17, 15) is 0 Å². The van der Waals surface area contributed by atoms with Crippen LogP contribution in [-0.4, -0.2) is 30.6 Å². The largest absolute Gasteiger partial charge is 0.474 e. The fourth-order valence-corrected chi connectivity index (χ4v) is 2.81. The molecule has 0 saturated heterocycles. The number of hydrogen-bond donors (Lipinski definition) is 2. The molecule has 1 aliphatic carbocycles. The van der Waals surface area contributed by atoms with Gasteiger partial charge in [0.15, 0.2) is 5.96 Å². The van der Waals surface area contributed by atoms with Crippen molar-refractivity contribution in [2.45, 2.75) is 64.5 Å². The third-order valence-corrected chi connectivity index (χ3v) is 4.17. The van der Waals surface area contributed by atoms with E-state index >= 15 is 0 Å². The molecule has 1 aliphatic rings. The zero-order valence-corrected chi connectivity index (χ0v) is 17.2. The number of guanidine groups is 1. The Kier molecular flexibility index (Phi) is 10.8. The summed E-state index contributed by atoms with van der Waals surface area (Å²) in [5.41, 5.74) is 1.08. The minimum absolute atomic E-state index is 0. The smallest absolute Gasteiger partial charge is 0.218 e. The molecule has 0 radical (unpaired) electrons. The van der Waals surface area contributed by atoms with Crippen molar-refractivity contribution in [3.05, 3.63) is 23.9 Å². The number of rotatable bonds is 8. The lowest BCUT2D eigenvalue weighted by molar-refractivity contribution is 0.199. The molecule has 2 N–H and O–H groups in total. The Morgan fingerprint density at radius 3 is 2.79 bits per heavy atom. The lowest BCUT2D eigenvalue weighted by Gasteiger charge is -2.16. The standard InChI is InChI=1S/C18H30N4O.HI/c1-3-4-7-12-21-18(19-2)22-14-15-9-8-13-20-17(15)23-16-10-5-6-11-16;/h8-9,13,16H,3-7,10-12,14H2,1-2H3,(H2,19,21,22);1H. The van der Waals surface area contributed by atoms with Gasteiger partial charge < -0.3 is 15.4 Å². The summed E-state index contributed by atoms with van der Waals surface area (Å²) < 4.78 is 6.07. The normalized spacial score (nSPS) is 15.0. The fraction of sp³-hybridized carbons (Fsp3) is 0.667. The van der Waals surface area contributed by atoms with E-state index in [1.807, 2.05) is 6.07 Å². The van der Waals surface area contributed by atoms with Gasteiger partial charge in [0.2, 0.25) is 5.88 Å². The summed E-state index contributed by atoms with van der Waals surface area (Å²) in [5.74, 6) is 1.59. The number of hydrogen-bond acceptors (Lipinski definition) is 3. The maximum atomic E-state index is 6.07. The first-order valence-electron chi connectivity index (χ1n) is 8.88. The maximum absolute atomic E-state index is 6.07. The first-order chi connectivity index (χ1) is 11.3. The average Bonchev–Trinajstić information content (AvgIpc) is 3.08. The van der Waals surface area contributed by atoms with Crippen LogP contribution in [0.2, 0.25) is 0 Å². The van der Waals surface area contributed by atoms with Crippen LogP contribution < -0.4 is 15.4 Å². The Morgan fingerprint density at radius 1 is 1.29 bits per heavy atom. The summed E-state index contributed by atoms with van der Waals surface area (Å²) in [4.78, 5) is 8.68. The first kappa shape index (κ1) is 21.0. The lowest BCUT2D eigenvalue weighted by atomic mass is 10.2. The zero-order chi connectivity index (χ0) is 16.3. The van der Waals surface area contributed by atoms with Crippen LogP contribution in [0.3, 0.4) is 0 Å². The molecule has 2 rings (SSSR count). The second-order valence-electron chi connectivity index (χ2n) is 6.05. The van der Waals surface area contributed by atoms with Crippen LogP contribution in [-0.2, 0) is 6.54 Å². The molecular weight excluding hydrogens is 415 g/mol. The molecule has 0 aliphatic heterocycles. The molecule has 0 bridgehead atoms. The quantitative estimate of drug-likeness (QED) is 0.276. The van der Waals surface area contributed by atoms with Gasteiger partial charge in [0.1, 0.15) is 6.10 Å². The lowest BCUT2D eigenvalue weighted by Crippen LogP contribution is -2.37. The van der Waals surface area contributed by atoms with E-state index in [1.165, 1.54) is 32.1 Å². The van der Waals surface area contributed by atoms with Crippen molar-refractivity contribution in [3.8, 4) is 5.88 Å². The highest BCUT2D eigenvalue weighted by molar-refractivity contribution is 14.0. The molecule has 6 heteroatoms. The highest BCUT2D eigenvalue weighted by atomic mass is 127. The van der Waals surface area contributed by atoms with Gasteiger partial charge in [-0.15, -0.1) is 24.0 Å². The second kappa shape index (κ2) is 12.3. The molecule has 1 aromatic rings. The summed E-state index contributed by atoms with van der Waals surface area (Å²) in [5, 5.41) is 6.69. The van der Waals surface area contributed by atoms with Gasteiger partial charge in [-0.3, -0.25) is 4.99 Å². The third kappa shape index (κ3) is 7.23. The number of pyridine rings is 1. The van der Waals surface area contributed by atoms with Crippen LogP contribution in [0.1, 0.15) is 57.4 Å². The molecule has 0 aromatic carbocycles. The number of unbranched alkanes of at least 4 members (excludes halogenated alkanes) is 2. The molecule has 1 saturated carbocycles. The summed E-state index contributed by atoms with van der Waals surface area (Å²) in [6, 6.07) is 4.02. The minimum Gasteiger partial charge on any atom is -0.474 e. The Morgan fingerprint density at radius 2 is 2.08 bits per heavy atom. The van der Waals surface area contributed by atoms with Crippen molar-refractivity contribution < 1.29 is 4.74 Å². The van der Waals surface area contributed by atoms with Gasteiger partial charge in [-0.05, 0) is 38.2 Å². The Hall–Kier alpha value is -1.05. The van der Waals surface area contributed by atoms with E-state index in [0.717, 1.165) is 36.8 Å². The monoisotopic (exact) mass is 446 g/mol. The van der Waals surface area contributed by atoms with Crippen molar-refractivity contribution in [2.75, 3.05) is 13.6 Å². The predicted octanol–water partition coefficient (Wildman–Crippen LogP) is 3.88. The van der Waals surface area contributed by atoms with E-state index in [4.69, 9.17) is 4.74 Å². The molecule has 1 fully saturated rings. The van der Waals surface area contributed by atoms with Crippen molar-refractivity contribution >= 4 is 29.9 Å². The summed E-state index contributed by atoms with van der Waals surface area (Å²) in [6.45, 7) is 3.83. The van der Waals surface area contributed by atoms with Crippen molar-refractivity contribution in [1.29, 1.82) is 0 Å². The molecule has 0 atom stereocenters. The van der Waals surface area contributed by atoms with Crippen LogP contribution in [0.25, 0.3) is 0 Å². The zero-order valence-electron chi connectivity index (χ0n) is 14.9. The van der Waals surface area contributed by atoms with Gasteiger partial charge >= 0.3 is 0 Å². The average molecular weight is 446 g/mol. The topological polar surface area (TPSA) is 58.5 Å². The molecule has 0 amide bonds. The van der Waals surface area contributed by atoms with Gasteiger partial charge in [0, 0.05) is 31.9 Å². The Balaban J connectivity index is 0.00000288.